The van der Waals surface area contributed by atoms with Crippen LogP contribution in [-0.2, 0) is 23.1 Å². The molecule has 1 unspecified atom stereocenters. The summed E-state index contributed by atoms with van der Waals surface area (Å²) in [4.78, 5) is 30.3. The Balaban J connectivity index is 1.59. The summed E-state index contributed by atoms with van der Waals surface area (Å²) in [6.07, 6.45) is 7.46. The number of aryl methyl sites for hydroxylation is 2. The summed E-state index contributed by atoms with van der Waals surface area (Å²) < 4.78 is 13.1. The summed E-state index contributed by atoms with van der Waals surface area (Å²) in [6, 6.07) is 9.56. The van der Waals surface area contributed by atoms with E-state index in [1.165, 1.54) is 0 Å². The summed E-state index contributed by atoms with van der Waals surface area (Å²) in [5.74, 6) is -0.235. The van der Waals surface area contributed by atoms with Gasteiger partial charge in [0.1, 0.15) is 0 Å². The molecule has 3 atom stereocenters. The van der Waals surface area contributed by atoms with Crippen molar-refractivity contribution in [3.05, 3.63) is 47.8 Å². The van der Waals surface area contributed by atoms with E-state index >= 15 is 0 Å². The lowest BCUT2D eigenvalue weighted by molar-refractivity contribution is -0.143. The number of nitrogens with zero attached hydrogens (tertiary/aromatic N) is 3. The summed E-state index contributed by atoms with van der Waals surface area (Å²) in [6.45, 7) is 6.73. The molecule has 3 heterocycles. The van der Waals surface area contributed by atoms with Crippen molar-refractivity contribution in [1.82, 2.24) is 14.4 Å². The number of fused-ring (bicyclic) bond motifs is 1. The first-order valence-corrected chi connectivity index (χ1v) is 13.7. The number of ether oxygens (including phenoxy) is 2. The fourth-order valence-electron chi connectivity index (χ4n) is 5.72. The molecule has 0 bridgehead atoms. The van der Waals surface area contributed by atoms with Crippen molar-refractivity contribution in [2.45, 2.75) is 64.3 Å². The van der Waals surface area contributed by atoms with E-state index < -0.39 is 11.9 Å². The number of rotatable bonds is 13. The average Bonchev–Trinajstić information content (AvgIpc) is 3.60. The lowest BCUT2D eigenvalue weighted by atomic mass is 9.83. The van der Waals surface area contributed by atoms with Gasteiger partial charge >= 0.3 is 5.97 Å². The van der Waals surface area contributed by atoms with Crippen LogP contribution in [0, 0.1) is 5.92 Å². The maximum atomic E-state index is 13.5. The van der Waals surface area contributed by atoms with E-state index in [9.17, 15) is 14.7 Å². The highest BCUT2D eigenvalue weighted by atomic mass is 16.7. The zero-order valence-electron chi connectivity index (χ0n) is 22.4. The predicted molar refractivity (Wildman–Crippen MR) is 142 cm³/mol. The largest absolute Gasteiger partial charge is 0.481 e. The third-order valence-corrected chi connectivity index (χ3v) is 7.86. The van der Waals surface area contributed by atoms with E-state index in [1.807, 2.05) is 42.4 Å². The lowest BCUT2D eigenvalue weighted by Crippen LogP contribution is -2.44. The molecule has 202 valence electrons. The molecule has 0 radical (unpaired) electrons. The number of hydrogen-bond acceptors (Lipinski definition) is 5. The zero-order valence-corrected chi connectivity index (χ0v) is 22.4. The standard InChI is InChI=1S/C29H41N3O5/c1-4-6-15-31(16-7-5-2)27(33)19-32-18-23(21-10-13-25-26(17-21)37-20-36-25)28(29(34)35)24(32)12-11-22-9-8-14-30(22)3/h8-10,13-14,17,23-24,28H,4-7,11-12,15-16,18-20H2,1-3H3,(H,34,35)/t23-,24+,28?/m1/s1. The van der Waals surface area contributed by atoms with Crippen molar-refractivity contribution in [1.29, 1.82) is 0 Å². The van der Waals surface area contributed by atoms with Crippen molar-refractivity contribution < 1.29 is 24.2 Å². The zero-order chi connectivity index (χ0) is 26.4. The quantitative estimate of drug-likeness (QED) is 0.432. The van der Waals surface area contributed by atoms with Crippen LogP contribution in [0.4, 0.5) is 0 Å². The Hall–Kier alpha value is -3.00. The van der Waals surface area contributed by atoms with Gasteiger partial charge in [-0.1, -0.05) is 32.8 Å². The SMILES string of the molecule is CCCCN(CCCC)C(=O)CN1C[C@H](c2ccc3c(c2)OCO3)C(C(=O)O)[C@@H]1CCc1cccn1C. The van der Waals surface area contributed by atoms with E-state index in [1.54, 1.807) is 0 Å². The number of aliphatic carboxylic acids is 1. The van der Waals surface area contributed by atoms with Crippen molar-refractivity contribution in [2.24, 2.45) is 13.0 Å². The second-order valence-electron chi connectivity index (χ2n) is 10.3. The molecule has 8 nitrogen and oxygen atoms in total. The molecule has 4 rings (SSSR count). The molecule has 0 saturated carbocycles. The first kappa shape index (κ1) is 27.0. The third kappa shape index (κ3) is 6.29. The van der Waals surface area contributed by atoms with Crippen LogP contribution in [0.25, 0.3) is 0 Å². The molecule has 1 amide bonds. The van der Waals surface area contributed by atoms with Crippen LogP contribution >= 0.6 is 0 Å². The van der Waals surface area contributed by atoms with E-state index in [4.69, 9.17) is 9.47 Å². The minimum absolute atomic E-state index is 0.0984. The highest BCUT2D eigenvalue weighted by Gasteiger charge is 2.47. The molecule has 2 aliphatic heterocycles. The first-order valence-electron chi connectivity index (χ1n) is 13.7. The van der Waals surface area contributed by atoms with Crippen molar-refractivity contribution in [3.8, 4) is 11.5 Å². The predicted octanol–water partition coefficient (Wildman–Crippen LogP) is 4.28. The van der Waals surface area contributed by atoms with E-state index in [0.29, 0.717) is 24.5 Å². The Morgan fingerprint density at radius 1 is 1.08 bits per heavy atom. The van der Waals surface area contributed by atoms with Crippen LogP contribution in [0.1, 0.15) is 63.1 Å². The fraction of sp³-hybridized carbons (Fsp3) is 0.586. The summed E-state index contributed by atoms with van der Waals surface area (Å²) >= 11 is 0. The van der Waals surface area contributed by atoms with Gasteiger partial charge in [0.2, 0.25) is 12.7 Å². The van der Waals surface area contributed by atoms with Gasteiger partial charge in [0.25, 0.3) is 0 Å². The van der Waals surface area contributed by atoms with Gasteiger partial charge in [-0.25, -0.2) is 0 Å². The van der Waals surface area contributed by atoms with Crippen molar-refractivity contribution in [2.75, 3.05) is 33.0 Å². The molecule has 37 heavy (non-hydrogen) atoms. The molecule has 0 spiro atoms. The molecule has 1 saturated heterocycles. The summed E-state index contributed by atoms with van der Waals surface area (Å²) in [5.41, 5.74) is 2.08. The monoisotopic (exact) mass is 511 g/mol. The molecule has 2 aliphatic rings. The van der Waals surface area contributed by atoms with E-state index in [2.05, 4.69) is 29.4 Å². The van der Waals surface area contributed by atoms with Crippen LogP contribution < -0.4 is 9.47 Å². The number of unbranched alkanes of at least 4 members (excludes halogenated alkanes) is 2. The lowest BCUT2D eigenvalue weighted by Gasteiger charge is -2.30. The molecule has 1 fully saturated rings. The van der Waals surface area contributed by atoms with Crippen LogP contribution in [0.5, 0.6) is 11.5 Å². The van der Waals surface area contributed by atoms with Gasteiger partial charge in [-0.2, -0.15) is 0 Å². The molecule has 8 heteroatoms. The molecule has 2 aromatic rings. The third-order valence-electron chi connectivity index (χ3n) is 7.86. The maximum Gasteiger partial charge on any atom is 0.308 e. The number of amides is 1. The van der Waals surface area contributed by atoms with Crippen LogP contribution in [0.3, 0.4) is 0 Å². The van der Waals surface area contributed by atoms with Gasteiger partial charge in [0, 0.05) is 50.5 Å². The number of carbonyl (C=O) groups excluding carboxylic acids is 1. The number of carbonyl (C=O) groups is 2. The fourth-order valence-corrected chi connectivity index (χ4v) is 5.72. The molecule has 0 aliphatic carbocycles. The Bertz CT molecular complexity index is 1060. The van der Waals surface area contributed by atoms with Crippen LogP contribution in [0.2, 0.25) is 0 Å². The van der Waals surface area contributed by atoms with E-state index in [0.717, 1.165) is 56.5 Å². The minimum atomic E-state index is -0.816. The normalized spacial score (nSPS) is 20.9. The Labute approximate surface area is 220 Å². The van der Waals surface area contributed by atoms with Crippen molar-refractivity contribution >= 4 is 11.9 Å². The second-order valence-corrected chi connectivity index (χ2v) is 10.3. The van der Waals surface area contributed by atoms with Gasteiger partial charge in [-0.3, -0.25) is 14.5 Å². The Morgan fingerprint density at radius 2 is 1.81 bits per heavy atom. The number of aromatic nitrogens is 1. The number of carboxylic acid groups (broad SMARTS) is 1. The highest BCUT2D eigenvalue weighted by molar-refractivity contribution is 5.79. The highest BCUT2D eigenvalue weighted by Crippen LogP contribution is 2.43. The number of hydrogen-bond donors (Lipinski definition) is 1. The van der Waals surface area contributed by atoms with Crippen LogP contribution in [-0.4, -0.2) is 70.4 Å². The first-order chi connectivity index (χ1) is 17.9. The molecule has 1 aromatic heterocycles. The Kier molecular flexibility index (Phi) is 9.14. The Morgan fingerprint density at radius 3 is 2.46 bits per heavy atom. The van der Waals surface area contributed by atoms with Crippen LogP contribution in [0.15, 0.2) is 36.5 Å². The number of carboxylic acids is 1. The van der Waals surface area contributed by atoms with Gasteiger partial charge in [0.15, 0.2) is 11.5 Å². The smallest absolute Gasteiger partial charge is 0.308 e. The van der Waals surface area contributed by atoms with E-state index in [-0.39, 0.29) is 31.2 Å². The topological polar surface area (TPSA) is 84.2 Å². The molecular formula is C29H41N3O5. The van der Waals surface area contributed by atoms with Gasteiger partial charge in [-0.05, 0) is 55.5 Å². The summed E-state index contributed by atoms with van der Waals surface area (Å²) in [7, 11) is 2.01. The number of likely N-dealkylation sites (tertiary alicyclic amines) is 1. The maximum absolute atomic E-state index is 13.5. The second kappa shape index (κ2) is 12.5. The van der Waals surface area contributed by atoms with Gasteiger partial charge in [-0.15, -0.1) is 0 Å². The molecule has 1 aromatic carbocycles. The number of benzene rings is 1. The molecular weight excluding hydrogens is 470 g/mol. The van der Waals surface area contributed by atoms with Crippen molar-refractivity contribution in [3.63, 3.8) is 0 Å². The van der Waals surface area contributed by atoms with Gasteiger partial charge < -0.3 is 24.0 Å². The average molecular weight is 512 g/mol. The summed E-state index contributed by atoms with van der Waals surface area (Å²) in [5, 5.41) is 10.4. The molecule has 1 N–H and O–H groups in total. The van der Waals surface area contributed by atoms with Gasteiger partial charge in [0.05, 0.1) is 12.5 Å². The minimum Gasteiger partial charge on any atom is -0.481 e.